The molecule has 4 nitrogen and oxygen atoms in total. The highest BCUT2D eigenvalue weighted by Gasteiger charge is 2.13. The topological polar surface area (TPSA) is 66.4 Å². The van der Waals surface area contributed by atoms with E-state index in [1.807, 2.05) is 19.9 Å². The molecule has 0 fully saturated rings. The van der Waals surface area contributed by atoms with Gasteiger partial charge in [0, 0.05) is 11.3 Å². The standard InChI is InChI=1S/C17H17NO3/c1-10-7-11(2)9-13(8-10)16(19)18-15-6-4-5-14(12(15)3)17(20)21/h4-9H,1-3H3,(H,18,19)(H,20,21). The Balaban J connectivity index is 2.32. The van der Waals surface area contributed by atoms with E-state index in [0.29, 0.717) is 16.8 Å². The van der Waals surface area contributed by atoms with E-state index in [1.54, 1.807) is 31.2 Å². The minimum Gasteiger partial charge on any atom is -0.478 e. The second-order valence-corrected chi connectivity index (χ2v) is 5.11. The van der Waals surface area contributed by atoms with Crippen molar-refractivity contribution < 1.29 is 14.7 Å². The van der Waals surface area contributed by atoms with Gasteiger partial charge in [0.25, 0.3) is 5.91 Å². The number of carboxylic acids is 1. The molecule has 0 unspecified atom stereocenters. The summed E-state index contributed by atoms with van der Waals surface area (Å²) in [5.74, 6) is -1.25. The molecule has 0 saturated heterocycles. The largest absolute Gasteiger partial charge is 0.478 e. The fraction of sp³-hybridized carbons (Fsp3) is 0.176. The number of hydrogen-bond donors (Lipinski definition) is 2. The van der Waals surface area contributed by atoms with Crippen molar-refractivity contribution in [1.82, 2.24) is 0 Å². The Morgan fingerprint density at radius 2 is 1.62 bits per heavy atom. The van der Waals surface area contributed by atoms with Gasteiger partial charge in [0.15, 0.2) is 0 Å². The van der Waals surface area contributed by atoms with Crippen LogP contribution in [0.1, 0.15) is 37.4 Å². The van der Waals surface area contributed by atoms with E-state index in [0.717, 1.165) is 11.1 Å². The predicted molar refractivity (Wildman–Crippen MR) is 82.0 cm³/mol. The van der Waals surface area contributed by atoms with Crippen molar-refractivity contribution in [3.63, 3.8) is 0 Å². The zero-order valence-electron chi connectivity index (χ0n) is 12.2. The molecule has 0 atom stereocenters. The Bertz CT molecular complexity index is 700. The van der Waals surface area contributed by atoms with E-state index in [1.165, 1.54) is 6.07 Å². The molecule has 0 saturated carbocycles. The summed E-state index contributed by atoms with van der Waals surface area (Å²) in [7, 11) is 0. The molecule has 0 bridgehead atoms. The van der Waals surface area contributed by atoms with Crippen molar-refractivity contribution >= 4 is 17.6 Å². The van der Waals surface area contributed by atoms with Crippen LogP contribution in [0.3, 0.4) is 0 Å². The monoisotopic (exact) mass is 283 g/mol. The summed E-state index contributed by atoms with van der Waals surface area (Å²) in [5.41, 5.74) is 3.83. The zero-order chi connectivity index (χ0) is 15.6. The van der Waals surface area contributed by atoms with Crippen LogP contribution in [0.15, 0.2) is 36.4 Å². The van der Waals surface area contributed by atoms with E-state index < -0.39 is 5.97 Å². The normalized spacial score (nSPS) is 10.2. The Morgan fingerprint density at radius 3 is 2.19 bits per heavy atom. The molecule has 1 amide bonds. The number of nitrogens with one attached hydrogen (secondary N) is 1. The lowest BCUT2D eigenvalue weighted by Gasteiger charge is -2.11. The molecule has 2 aromatic rings. The van der Waals surface area contributed by atoms with Gasteiger partial charge in [-0.1, -0.05) is 23.3 Å². The highest BCUT2D eigenvalue weighted by Crippen LogP contribution is 2.20. The average molecular weight is 283 g/mol. The molecule has 21 heavy (non-hydrogen) atoms. The molecule has 4 heteroatoms. The van der Waals surface area contributed by atoms with E-state index in [2.05, 4.69) is 5.32 Å². The second kappa shape index (κ2) is 5.79. The molecular formula is C17H17NO3. The number of benzene rings is 2. The number of amides is 1. The summed E-state index contributed by atoms with van der Waals surface area (Å²) in [5, 5.41) is 11.9. The number of carboxylic acid groups (broad SMARTS) is 1. The number of rotatable bonds is 3. The SMILES string of the molecule is Cc1cc(C)cc(C(=O)Nc2cccc(C(=O)O)c2C)c1. The highest BCUT2D eigenvalue weighted by molar-refractivity contribution is 6.05. The summed E-state index contributed by atoms with van der Waals surface area (Å²) in [6.07, 6.45) is 0. The van der Waals surface area contributed by atoms with Gasteiger partial charge in [-0.2, -0.15) is 0 Å². The predicted octanol–water partition coefficient (Wildman–Crippen LogP) is 3.56. The molecule has 0 aromatic heterocycles. The Morgan fingerprint density at radius 1 is 1.00 bits per heavy atom. The minimum atomic E-state index is -1.00. The first-order valence-electron chi connectivity index (χ1n) is 6.61. The van der Waals surface area contributed by atoms with Gasteiger partial charge in [-0.15, -0.1) is 0 Å². The third kappa shape index (κ3) is 3.28. The summed E-state index contributed by atoms with van der Waals surface area (Å²) in [4.78, 5) is 23.4. The van der Waals surface area contributed by atoms with Gasteiger partial charge in [0.1, 0.15) is 0 Å². The van der Waals surface area contributed by atoms with Crippen LogP contribution >= 0.6 is 0 Å². The highest BCUT2D eigenvalue weighted by atomic mass is 16.4. The first-order valence-corrected chi connectivity index (χ1v) is 6.61. The van der Waals surface area contributed by atoms with E-state index in [9.17, 15) is 9.59 Å². The molecule has 2 N–H and O–H groups in total. The Labute approximate surface area is 123 Å². The molecule has 2 aromatic carbocycles. The van der Waals surface area contributed by atoms with Crippen molar-refractivity contribution in [2.24, 2.45) is 0 Å². The Kier molecular flexibility index (Phi) is 4.08. The second-order valence-electron chi connectivity index (χ2n) is 5.11. The van der Waals surface area contributed by atoms with Gasteiger partial charge < -0.3 is 10.4 Å². The van der Waals surface area contributed by atoms with Crippen LogP contribution in [0.4, 0.5) is 5.69 Å². The van der Waals surface area contributed by atoms with Crippen molar-refractivity contribution in [2.75, 3.05) is 5.32 Å². The fourth-order valence-electron chi connectivity index (χ4n) is 2.30. The van der Waals surface area contributed by atoms with Crippen molar-refractivity contribution in [3.8, 4) is 0 Å². The molecule has 0 radical (unpaired) electrons. The smallest absolute Gasteiger partial charge is 0.336 e. The third-order valence-corrected chi connectivity index (χ3v) is 3.30. The molecule has 0 aliphatic heterocycles. The van der Waals surface area contributed by atoms with Gasteiger partial charge in [-0.3, -0.25) is 4.79 Å². The Hall–Kier alpha value is -2.62. The first kappa shape index (κ1) is 14.8. The van der Waals surface area contributed by atoms with Gasteiger partial charge in [-0.25, -0.2) is 4.79 Å². The van der Waals surface area contributed by atoms with Gasteiger partial charge in [-0.05, 0) is 50.6 Å². The average Bonchev–Trinajstić information content (AvgIpc) is 2.39. The van der Waals surface area contributed by atoms with Crippen LogP contribution < -0.4 is 5.32 Å². The molecule has 0 aliphatic rings. The van der Waals surface area contributed by atoms with E-state index in [4.69, 9.17) is 5.11 Å². The number of hydrogen-bond acceptors (Lipinski definition) is 2. The van der Waals surface area contributed by atoms with E-state index in [-0.39, 0.29) is 11.5 Å². The number of anilines is 1. The molecule has 2 rings (SSSR count). The van der Waals surface area contributed by atoms with Gasteiger partial charge >= 0.3 is 5.97 Å². The summed E-state index contributed by atoms with van der Waals surface area (Å²) < 4.78 is 0. The molecule has 0 heterocycles. The maximum absolute atomic E-state index is 12.3. The maximum atomic E-state index is 12.3. The van der Waals surface area contributed by atoms with E-state index >= 15 is 0 Å². The van der Waals surface area contributed by atoms with Crippen LogP contribution in [-0.4, -0.2) is 17.0 Å². The molecule has 0 spiro atoms. The summed E-state index contributed by atoms with van der Waals surface area (Å²) in [6, 6.07) is 10.4. The number of carbonyl (C=O) groups is 2. The van der Waals surface area contributed by atoms with Crippen LogP contribution in [-0.2, 0) is 0 Å². The van der Waals surface area contributed by atoms with Crippen molar-refractivity contribution in [3.05, 3.63) is 64.2 Å². The van der Waals surface area contributed by atoms with Crippen LogP contribution in [0.5, 0.6) is 0 Å². The lowest BCUT2D eigenvalue weighted by molar-refractivity contribution is 0.0695. The fourth-order valence-corrected chi connectivity index (χ4v) is 2.30. The number of aromatic carboxylic acids is 1. The lowest BCUT2D eigenvalue weighted by Crippen LogP contribution is -2.14. The molecule has 108 valence electrons. The van der Waals surface area contributed by atoms with Gasteiger partial charge in [0.2, 0.25) is 0 Å². The summed E-state index contributed by atoms with van der Waals surface area (Å²) in [6.45, 7) is 5.54. The number of aryl methyl sites for hydroxylation is 2. The lowest BCUT2D eigenvalue weighted by atomic mass is 10.0. The molecular weight excluding hydrogens is 266 g/mol. The zero-order valence-corrected chi connectivity index (χ0v) is 12.2. The quantitative estimate of drug-likeness (QED) is 0.905. The first-order chi connectivity index (χ1) is 9.88. The van der Waals surface area contributed by atoms with Crippen LogP contribution in [0, 0.1) is 20.8 Å². The summed E-state index contributed by atoms with van der Waals surface area (Å²) >= 11 is 0. The van der Waals surface area contributed by atoms with Gasteiger partial charge in [0.05, 0.1) is 5.56 Å². The van der Waals surface area contributed by atoms with Crippen LogP contribution in [0.2, 0.25) is 0 Å². The maximum Gasteiger partial charge on any atom is 0.336 e. The van der Waals surface area contributed by atoms with Crippen LogP contribution in [0.25, 0.3) is 0 Å². The van der Waals surface area contributed by atoms with Crippen molar-refractivity contribution in [2.45, 2.75) is 20.8 Å². The third-order valence-electron chi connectivity index (χ3n) is 3.30. The van der Waals surface area contributed by atoms with Crippen molar-refractivity contribution in [1.29, 1.82) is 0 Å². The number of carbonyl (C=O) groups excluding carboxylic acids is 1. The minimum absolute atomic E-state index is 0.188. The molecule has 0 aliphatic carbocycles.